The summed E-state index contributed by atoms with van der Waals surface area (Å²) in [6.07, 6.45) is 0.154. The van der Waals surface area contributed by atoms with Crippen molar-refractivity contribution in [2.75, 3.05) is 13.6 Å². The zero-order valence-corrected chi connectivity index (χ0v) is 21.9. The van der Waals surface area contributed by atoms with E-state index in [1.54, 1.807) is 0 Å². The molecule has 0 amide bonds. The molecule has 0 aromatic heterocycles. The molecular formula is C33H36N2O3. The Labute approximate surface area is 225 Å². The molecule has 3 atom stereocenters. The van der Waals surface area contributed by atoms with E-state index in [1.807, 2.05) is 30.3 Å². The van der Waals surface area contributed by atoms with Gasteiger partial charge in [0, 0.05) is 31.6 Å². The van der Waals surface area contributed by atoms with Crippen LogP contribution in [0.4, 0.5) is 0 Å². The Morgan fingerprint density at radius 3 is 2.21 bits per heavy atom. The van der Waals surface area contributed by atoms with Crippen LogP contribution in [0.3, 0.4) is 0 Å². The largest absolute Gasteiger partial charge is 0.392 e. The maximum absolute atomic E-state index is 9.48. The fourth-order valence-corrected chi connectivity index (χ4v) is 5.08. The first kappa shape index (κ1) is 26.3. The van der Waals surface area contributed by atoms with Gasteiger partial charge in [-0.05, 0) is 52.6 Å². The van der Waals surface area contributed by atoms with Gasteiger partial charge in [-0.15, -0.1) is 0 Å². The van der Waals surface area contributed by atoms with E-state index in [2.05, 4.69) is 84.7 Å². The van der Waals surface area contributed by atoms with Crippen LogP contribution in [0.5, 0.6) is 0 Å². The molecule has 38 heavy (non-hydrogen) atoms. The second kappa shape index (κ2) is 12.5. The van der Waals surface area contributed by atoms with Gasteiger partial charge >= 0.3 is 0 Å². The van der Waals surface area contributed by atoms with Crippen LogP contribution in [0.15, 0.2) is 103 Å². The molecule has 0 aliphatic carbocycles. The van der Waals surface area contributed by atoms with E-state index in [-0.39, 0.29) is 18.8 Å². The van der Waals surface area contributed by atoms with Gasteiger partial charge in [-0.3, -0.25) is 4.90 Å². The average Bonchev–Trinajstić information content (AvgIpc) is 2.97. The van der Waals surface area contributed by atoms with Crippen molar-refractivity contribution in [2.24, 2.45) is 5.73 Å². The quantitative estimate of drug-likeness (QED) is 0.291. The smallest absolute Gasteiger partial charge is 0.184 e. The zero-order valence-electron chi connectivity index (χ0n) is 21.9. The lowest BCUT2D eigenvalue weighted by Gasteiger charge is -2.38. The molecule has 0 bridgehead atoms. The number of likely N-dealkylation sites (N-methyl/N-ethyl adjacent to an activating group) is 1. The van der Waals surface area contributed by atoms with Gasteiger partial charge in [0.1, 0.15) is 0 Å². The molecule has 0 radical (unpaired) electrons. The van der Waals surface area contributed by atoms with Gasteiger partial charge in [-0.1, -0.05) is 91.0 Å². The molecule has 4 aromatic rings. The molecule has 1 saturated heterocycles. The fourth-order valence-electron chi connectivity index (χ4n) is 5.08. The zero-order chi connectivity index (χ0) is 26.3. The van der Waals surface area contributed by atoms with E-state index < -0.39 is 6.29 Å². The summed E-state index contributed by atoms with van der Waals surface area (Å²) in [7, 11) is 2.14. The van der Waals surface area contributed by atoms with Crippen molar-refractivity contribution >= 4 is 0 Å². The molecule has 4 aromatic carbocycles. The number of hydrogen-bond donors (Lipinski definition) is 2. The highest BCUT2D eigenvalue weighted by atomic mass is 16.7. The van der Waals surface area contributed by atoms with Crippen LogP contribution in [0.2, 0.25) is 0 Å². The van der Waals surface area contributed by atoms with Crippen LogP contribution in [-0.2, 0) is 29.2 Å². The summed E-state index contributed by atoms with van der Waals surface area (Å²) in [6, 6.07) is 35.3. The third-order valence-electron chi connectivity index (χ3n) is 7.08. The van der Waals surface area contributed by atoms with Gasteiger partial charge in [-0.2, -0.15) is 0 Å². The van der Waals surface area contributed by atoms with Crippen molar-refractivity contribution in [3.63, 3.8) is 0 Å². The van der Waals surface area contributed by atoms with Crippen LogP contribution < -0.4 is 5.73 Å². The topological polar surface area (TPSA) is 68.0 Å². The molecule has 0 saturated carbocycles. The Hall–Kier alpha value is -3.32. The van der Waals surface area contributed by atoms with Crippen molar-refractivity contribution in [1.82, 2.24) is 4.90 Å². The summed E-state index contributed by atoms with van der Waals surface area (Å²) < 4.78 is 13.2. The fraction of sp³-hybridized carbons (Fsp3) is 0.273. The monoisotopic (exact) mass is 508 g/mol. The summed E-state index contributed by atoms with van der Waals surface area (Å²) >= 11 is 0. The molecule has 196 valence electrons. The molecule has 1 heterocycles. The molecule has 5 nitrogen and oxygen atoms in total. The summed E-state index contributed by atoms with van der Waals surface area (Å²) in [4.78, 5) is 2.31. The van der Waals surface area contributed by atoms with Gasteiger partial charge in [-0.25, -0.2) is 0 Å². The van der Waals surface area contributed by atoms with Crippen LogP contribution in [-0.4, -0.2) is 29.7 Å². The van der Waals surface area contributed by atoms with Crippen molar-refractivity contribution < 1.29 is 14.6 Å². The summed E-state index contributed by atoms with van der Waals surface area (Å²) in [5.74, 6) is 0. The van der Waals surface area contributed by atoms with Crippen LogP contribution >= 0.6 is 0 Å². The van der Waals surface area contributed by atoms with Gasteiger partial charge in [0.2, 0.25) is 0 Å². The molecule has 1 fully saturated rings. The summed E-state index contributed by atoms with van der Waals surface area (Å²) in [6.45, 7) is 2.19. The number of nitrogens with zero attached hydrogens (tertiary/aromatic N) is 1. The average molecular weight is 509 g/mol. The summed E-state index contributed by atoms with van der Waals surface area (Å²) in [5, 5.41) is 9.48. The van der Waals surface area contributed by atoms with Crippen molar-refractivity contribution in [3.8, 4) is 11.1 Å². The number of benzene rings is 4. The lowest BCUT2D eigenvalue weighted by Crippen LogP contribution is -2.37. The third-order valence-corrected chi connectivity index (χ3v) is 7.08. The van der Waals surface area contributed by atoms with Crippen LogP contribution in [0.25, 0.3) is 11.1 Å². The highest BCUT2D eigenvalue weighted by Gasteiger charge is 2.33. The van der Waals surface area contributed by atoms with E-state index in [0.29, 0.717) is 6.54 Å². The Balaban J connectivity index is 1.39. The maximum Gasteiger partial charge on any atom is 0.184 e. The standard InChI is InChI=1S/C33H36N2O3/c1-35(21-24-7-3-2-4-8-24)22-31-19-32(27-15-13-25(23-36)14-16-27)38-33(37-31)30-12-6-11-29(18-30)28-10-5-9-26(17-28)20-34/h2-18,31-33,36H,19-23,34H2,1H3. The van der Waals surface area contributed by atoms with Gasteiger partial charge in [0.15, 0.2) is 6.29 Å². The van der Waals surface area contributed by atoms with E-state index in [9.17, 15) is 5.11 Å². The van der Waals surface area contributed by atoms with Crippen LogP contribution in [0, 0.1) is 0 Å². The molecule has 3 unspecified atom stereocenters. The normalized spacial score (nSPS) is 19.5. The minimum atomic E-state index is -0.487. The SMILES string of the molecule is CN(Cc1ccccc1)CC1CC(c2ccc(CO)cc2)OC(c2cccc(-c3cccc(CN)c3)c2)O1. The Morgan fingerprint density at radius 1 is 0.763 bits per heavy atom. The molecular weight excluding hydrogens is 472 g/mol. The number of ether oxygens (including phenoxy) is 2. The van der Waals surface area contributed by atoms with Crippen molar-refractivity contribution in [1.29, 1.82) is 0 Å². The Kier molecular flexibility index (Phi) is 8.64. The van der Waals surface area contributed by atoms with E-state index in [1.165, 1.54) is 5.56 Å². The highest BCUT2D eigenvalue weighted by molar-refractivity contribution is 5.65. The second-order valence-electron chi connectivity index (χ2n) is 10.1. The van der Waals surface area contributed by atoms with Gasteiger partial charge < -0.3 is 20.3 Å². The van der Waals surface area contributed by atoms with E-state index >= 15 is 0 Å². The van der Waals surface area contributed by atoms with Crippen molar-refractivity contribution in [2.45, 2.75) is 44.6 Å². The third kappa shape index (κ3) is 6.57. The predicted molar refractivity (Wildman–Crippen MR) is 151 cm³/mol. The molecule has 3 N–H and O–H groups in total. The lowest BCUT2D eigenvalue weighted by molar-refractivity contribution is -0.252. The molecule has 5 rings (SSSR count). The van der Waals surface area contributed by atoms with Gasteiger partial charge in [0.25, 0.3) is 0 Å². The lowest BCUT2D eigenvalue weighted by atomic mass is 9.98. The Bertz CT molecular complexity index is 1310. The number of rotatable bonds is 9. The molecule has 5 heteroatoms. The second-order valence-corrected chi connectivity index (χ2v) is 10.1. The minimum Gasteiger partial charge on any atom is -0.392 e. The molecule has 1 aliphatic heterocycles. The van der Waals surface area contributed by atoms with E-state index in [0.717, 1.165) is 52.9 Å². The predicted octanol–water partition coefficient (Wildman–Crippen LogP) is 5.98. The maximum atomic E-state index is 9.48. The van der Waals surface area contributed by atoms with Gasteiger partial charge in [0.05, 0.1) is 18.8 Å². The van der Waals surface area contributed by atoms with E-state index in [4.69, 9.17) is 15.2 Å². The molecule has 0 spiro atoms. The number of hydrogen-bond acceptors (Lipinski definition) is 5. The van der Waals surface area contributed by atoms with Crippen LogP contribution in [0.1, 0.15) is 46.6 Å². The first-order chi connectivity index (χ1) is 18.6. The van der Waals surface area contributed by atoms with Crippen molar-refractivity contribution in [3.05, 3.63) is 131 Å². The minimum absolute atomic E-state index is 0.00537. The Morgan fingerprint density at radius 2 is 1.47 bits per heavy atom. The number of aliphatic hydroxyl groups excluding tert-OH is 1. The first-order valence-electron chi connectivity index (χ1n) is 13.2. The molecule has 1 aliphatic rings. The number of nitrogens with two attached hydrogens (primary N) is 1. The number of aliphatic hydroxyl groups is 1. The first-order valence-corrected chi connectivity index (χ1v) is 13.2. The summed E-state index contributed by atoms with van der Waals surface area (Å²) in [5.41, 5.74) is 13.5. The highest BCUT2D eigenvalue weighted by Crippen LogP contribution is 2.39.